The standard InChI is InChI=1S/C18H28O8/c1-5-7-9-22-16-15(14(25-13(4)20)11-24-12(3)19)26-18(21)17(16)23-10-8-6-2/h14-15H,5-11H2,1-4H3/t14-,15+/m0/s1. The molecule has 0 saturated carbocycles. The first-order valence-electron chi connectivity index (χ1n) is 8.91. The molecule has 8 nitrogen and oxygen atoms in total. The quantitative estimate of drug-likeness (QED) is 0.292. The molecule has 1 rings (SSSR count). The van der Waals surface area contributed by atoms with Gasteiger partial charge in [-0.05, 0) is 12.8 Å². The van der Waals surface area contributed by atoms with Gasteiger partial charge in [0.1, 0.15) is 6.61 Å². The van der Waals surface area contributed by atoms with Crippen molar-refractivity contribution in [3.05, 3.63) is 11.5 Å². The fourth-order valence-electron chi connectivity index (χ4n) is 2.22. The highest BCUT2D eigenvalue weighted by Gasteiger charge is 2.44. The third-order valence-corrected chi connectivity index (χ3v) is 3.51. The van der Waals surface area contributed by atoms with Gasteiger partial charge in [0.05, 0.1) is 13.2 Å². The second kappa shape index (κ2) is 11.4. The molecular weight excluding hydrogens is 344 g/mol. The van der Waals surface area contributed by atoms with Gasteiger partial charge in [-0.15, -0.1) is 0 Å². The highest BCUT2D eigenvalue weighted by Crippen LogP contribution is 2.29. The molecule has 1 aliphatic heterocycles. The van der Waals surface area contributed by atoms with Gasteiger partial charge in [0, 0.05) is 13.8 Å². The number of carbonyl (C=O) groups is 3. The fraction of sp³-hybridized carbons (Fsp3) is 0.722. The number of cyclic esters (lactones) is 1. The highest BCUT2D eigenvalue weighted by atomic mass is 16.6. The SMILES string of the molecule is CCCCOC1=C(OCCCC)[C@@H]([C@H](COC(C)=O)OC(C)=O)OC1=O. The number of unbranched alkanes of at least 4 members (excludes halogenated alkanes) is 2. The lowest BCUT2D eigenvalue weighted by Crippen LogP contribution is -2.38. The molecule has 1 aliphatic rings. The largest absolute Gasteiger partial charge is 0.490 e. The molecule has 0 amide bonds. The van der Waals surface area contributed by atoms with Gasteiger partial charge in [0.2, 0.25) is 11.9 Å². The van der Waals surface area contributed by atoms with Crippen LogP contribution in [0.1, 0.15) is 53.4 Å². The van der Waals surface area contributed by atoms with Crippen molar-refractivity contribution in [3.8, 4) is 0 Å². The molecule has 0 fully saturated rings. The molecule has 0 N–H and O–H groups in total. The zero-order chi connectivity index (χ0) is 19.5. The number of rotatable bonds is 12. The van der Waals surface area contributed by atoms with Crippen LogP contribution >= 0.6 is 0 Å². The Hall–Kier alpha value is -2.25. The predicted octanol–water partition coefficient (Wildman–Crippen LogP) is 2.25. The van der Waals surface area contributed by atoms with E-state index in [4.69, 9.17) is 23.7 Å². The number of hydrogen-bond donors (Lipinski definition) is 0. The summed E-state index contributed by atoms with van der Waals surface area (Å²) in [5, 5.41) is 0. The van der Waals surface area contributed by atoms with E-state index in [2.05, 4.69) is 0 Å². The monoisotopic (exact) mass is 372 g/mol. The first-order valence-corrected chi connectivity index (χ1v) is 8.91. The molecule has 0 unspecified atom stereocenters. The van der Waals surface area contributed by atoms with Crippen molar-refractivity contribution in [1.82, 2.24) is 0 Å². The number of hydrogen-bond acceptors (Lipinski definition) is 8. The maximum absolute atomic E-state index is 12.2. The van der Waals surface area contributed by atoms with E-state index in [1.54, 1.807) is 0 Å². The van der Waals surface area contributed by atoms with E-state index in [0.717, 1.165) is 25.7 Å². The van der Waals surface area contributed by atoms with E-state index in [9.17, 15) is 14.4 Å². The van der Waals surface area contributed by atoms with E-state index in [1.165, 1.54) is 13.8 Å². The molecule has 0 spiro atoms. The van der Waals surface area contributed by atoms with Crippen molar-refractivity contribution < 1.29 is 38.1 Å². The van der Waals surface area contributed by atoms with Crippen molar-refractivity contribution in [2.45, 2.75) is 65.6 Å². The molecule has 0 aromatic carbocycles. The molecule has 8 heteroatoms. The fourth-order valence-corrected chi connectivity index (χ4v) is 2.22. The summed E-state index contributed by atoms with van der Waals surface area (Å²) in [5.41, 5.74) is 0. The van der Waals surface area contributed by atoms with Crippen molar-refractivity contribution in [2.75, 3.05) is 19.8 Å². The minimum Gasteiger partial charge on any atom is -0.490 e. The Bertz CT molecular complexity index is 525. The molecule has 0 aromatic rings. The Morgan fingerprint density at radius 1 is 1.04 bits per heavy atom. The maximum atomic E-state index is 12.2. The maximum Gasteiger partial charge on any atom is 0.378 e. The molecule has 0 aliphatic carbocycles. The Morgan fingerprint density at radius 2 is 1.65 bits per heavy atom. The molecule has 0 aromatic heterocycles. The zero-order valence-electron chi connectivity index (χ0n) is 15.9. The predicted molar refractivity (Wildman–Crippen MR) is 90.8 cm³/mol. The molecule has 0 saturated heterocycles. The molecular formula is C18H28O8. The summed E-state index contributed by atoms with van der Waals surface area (Å²) in [4.78, 5) is 34.7. The third-order valence-electron chi connectivity index (χ3n) is 3.51. The summed E-state index contributed by atoms with van der Waals surface area (Å²) in [6, 6.07) is 0. The van der Waals surface area contributed by atoms with Gasteiger partial charge in [-0.1, -0.05) is 26.7 Å². The molecule has 2 atom stereocenters. The van der Waals surface area contributed by atoms with E-state index in [0.29, 0.717) is 13.2 Å². The van der Waals surface area contributed by atoms with Crippen LogP contribution in [0.4, 0.5) is 0 Å². The summed E-state index contributed by atoms with van der Waals surface area (Å²) in [7, 11) is 0. The lowest BCUT2D eigenvalue weighted by Gasteiger charge is -2.23. The summed E-state index contributed by atoms with van der Waals surface area (Å²) >= 11 is 0. The first kappa shape index (κ1) is 21.8. The van der Waals surface area contributed by atoms with Crippen LogP contribution in [0.3, 0.4) is 0 Å². The van der Waals surface area contributed by atoms with Crippen molar-refractivity contribution >= 4 is 17.9 Å². The normalized spacial score (nSPS) is 17.5. The number of carbonyl (C=O) groups excluding carboxylic acids is 3. The van der Waals surface area contributed by atoms with Crippen molar-refractivity contribution in [3.63, 3.8) is 0 Å². The van der Waals surface area contributed by atoms with Crippen LogP contribution in [-0.2, 0) is 38.1 Å². The molecule has 26 heavy (non-hydrogen) atoms. The summed E-state index contributed by atoms with van der Waals surface area (Å²) < 4.78 is 26.7. The molecule has 0 radical (unpaired) electrons. The third kappa shape index (κ3) is 6.93. The van der Waals surface area contributed by atoms with Gasteiger partial charge < -0.3 is 23.7 Å². The second-order valence-corrected chi connectivity index (χ2v) is 5.87. The highest BCUT2D eigenvalue weighted by molar-refractivity contribution is 5.89. The Kier molecular flexibility index (Phi) is 9.54. The average molecular weight is 372 g/mol. The summed E-state index contributed by atoms with van der Waals surface area (Å²) in [5.74, 6) is -1.65. The lowest BCUT2D eigenvalue weighted by molar-refractivity contribution is -0.169. The molecule has 0 bridgehead atoms. The van der Waals surface area contributed by atoms with Crippen LogP contribution in [0, 0.1) is 0 Å². The van der Waals surface area contributed by atoms with Gasteiger partial charge in [-0.25, -0.2) is 4.79 Å². The van der Waals surface area contributed by atoms with E-state index in [1.807, 2.05) is 13.8 Å². The van der Waals surface area contributed by atoms with Crippen LogP contribution < -0.4 is 0 Å². The van der Waals surface area contributed by atoms with Gasteiger partial charge in [0.15, 0.2) is 11.9 Å². The zero-order valence-corrected chi connectivity index (χ0v) is 15.9. The smallest absolute Gasteiger partial charge is 0.378 e. The Labute approximate surface area is 153 Å². The minimum absolute atomic E-state index is 0.0143. The van der Waals surface area contributed by atoms with Crippen LogP contribution in [-0.4, -0.2) is 49.9 Å². The van der Waals surface area contributed by atoms with E-state index in [-0.39, 0.29) is 18.1 Å². The van der Waals surface area contributed by atoms with Gasteiger partial charge in [-0.3, -0.25) is 9.59 Å². The summed E-state index contributed by atoms with van der Waals surface area (Å²) in [6.07, 6.45) is 1.32. The average Bonchev–Trinajstić information content (AvgIpc) is 2.88. The van der Waals surface area contributed by atoms with E-state index >= 15 is 0 Å². The van der Waals surface area contributed by atoms with Crippen LogP contribution in [0.5, 0.6) is 0 Å². The van der Waals surface area contributed by atoms with E-state index < -0.39 is 30.1 Å². The van der Waals surface area contributed by atoms with Gasteiger partial charge >= 0.3 is 17.9 Å². The van der Waals surface area contributed by atoms with Crippen LogP contribution in [0.25, 0.3) is 0 Å². The van der Waals surface area contributed by atoms with Gasteiger partial charge in [-0.2, -0.15) is 0 Å². The number of ether oxygens (including phenoxy) is 5. The van der Waals surface area contributed by atoms with Crippen molar-refractivity contribution in [2.24, 2.45) is 0 Å². The topological polar surface area (TPSA) is 97.4 Å². The molecule has 148 valence electrons. The van der Waals surface area contributed by atoms with Crippen LogP contribution in [0.2, 0.25) is 0 Å². The van der Waals surface area contributed by atoms with Crippen molar-refractivity contribution in [1.29, 1.82) is 0 Å². The number of esters is 3. The summed E-state index contributed by atoms with van der Waals surface area (Å²) in [6.45, 7) is 6.91. The molecule has 1 heterocycles. The lowest BCUT2D eigenvalue weighted by atomic mass is 10.1. The second-order valence-electron chi connectivity index (χ2n) is 5.87. The Balaban J connectivity index is 3.02. The Morgan fingerprint density at radius 3 is 2.19 bits per heavy atom. The minimum atomic E-state index is -1.01. The first-order chi connectivity index (χ1) is 12.4. The van der Waals surface area contributed by atoms with Crippen LogP contribution in [0.15, 0.2) is 11.5 Å². The van der Waals surface area contributed by atoms with Gasteiger partial charge in [0.25, 0.3) is 0 Å².